The predicted octanol–water partition coefficient (Wildman–Crippen LogP) is 4.73. The van der Waals surface area contributed by atoms with E-state index in [9.17, 15) is 14.7 Å². The number of carbonyl (C=O) groups excluding carboxylic acids is 2. The van der Waals surface area contributed by atoms with Gasteiger partial charge >= 0.3 is 0 Å². The summed E-state index contributed by atoms with van der Waals surface area (Å²) in [5, 5.41) is 11.7. The summed E-state index contributed by atoms with van der Waals surface area (Å²) in [6.45, 7) is 0. The van der Waals surface area contributed by atoms with Crippen LogP contribution in [0.2, 0.25) is 5.02 Å². The van der Waals surface area contributed by atoms with E-state index in [2.05, 4.69) is 0 Å². The quantitative estimate of drug-likeness (QED) is 0.372. The van der Waals surface area contributed by atoms with E-state index >= 15 is 0 Å². The van der Waals surface area contributed by atoms with Crippen molar-refractivity contribution >= 4 is 29.1 Å². The standard InChI is InChI=1S/C25H26ClNO6/c1-31-16-10-6-7-14(11-16)22-21(24(29)25(30)27(22)15-8-4-5-9-15)23(28)17-12-20(33-3)18(26)13-19(17)32-2/h6-7,10-13,15,22,28H,4-5,8-9H2,1-3H3/b23-21+. The van der Waals surface area contributed by atoms with E-state index in [1.54, 1.807) is 30.2 Å². The SMILES string of the molecule is COc1cccc(C2/C(=C(\O)c3cc(OC)c(Cl)cc3OC)C(=O)C(=O)N2C2CCCC2)c1. The van der Waals surface area contributed by atoms with Crippen LogP contribution >= 0.6 is 11.6 Å². The van der Waals surface area contributed by atoms with Crippen LogP contribution in [-0.4, -0.2) is 49.1 Å². The molecule has 1 heterocycles. The van der Waals surface area contributed by atoms with E-state index < -0.39 is 17.7 Å². The van der Waals surface area contributed by atoms with Crippen LogP contribution < -0.4 is 14.2 Å². The number of amides is 1. The van der Waals surface area contributed by atoms with E-state index in [-0.39, 0.29) is 28.7 Å². The highest BCUT2D eigenvalue weighted by molar-refractivity contribution is 6.46. The first kappa shape index (κ1) is 23.0. The molecule has 1 saturated heterocycles. The second-order valence-corrected chi connectivity index (χ2v) is 8.52. The Bertz CT molecular complexity index is 1120. The summed E-state index contributed by atoms with van der Waals surface area (Å²) in [7, 11) is 4.44. The van der Waals surface area contributed by atoms with Gasteiger partial charge in [0.15, 0.2) is 0 Å². The van der Waals surface area contributed by atoms with Gasteiger partial charge in [0.2, 0.25) is 0 Å². The normalized spacial score (nSPS) is 20.4. The number of ketones is 1. The smallest absolute Gasteiger partial charge is 0.295 e. The lowest BCUT2D eigenvalue weighted by Crippen LogP contribution is -2.37. The zero-order valence-corrected chi connectivity index (χ0v) is 19.5. The van der Waals surface area contributed by atoms with E-state index in [0.717, 1.165) is 25.7 Å². The zero-order chi connectivity index (χ0) is 23.7. The Kier molecular flexibility index (Phi) is 6.51. The fourth-order valence-electron chi connectivity index (χ4n) is 4.74. The summed E-state index contributed by atoms with van der Waals surface area (Å²) < 4.78 is 16.1. The topological polar surface area (TPSA) is 85.3 Å². The minimum atomic E-state index is -0.755. The first-order valence-electron chi connectivity index (χ1n) is 10.8. The Labute approximate surface area is 197 Å². The van der Waals surface area contributed by atoms with Crippen molar-refractivity contribution in [3.8, 4) is 17.2 Å². The number of aliphatic hydroxyl groups excluding tert-OH is 1. The van der Waals surface area contributed by atoms with Crippen molar-refractivity contribution in [3.63, 3.8) is 0 Å². The first-order valence-corrected chi connectivity index (χ1v) is 11.1. The average Bonchev–Trinajstić information content (AvgIpc) is 3.45. The fourth-order valence-corrected chi connectivity index (χ4v) is 4.97. The van der Waals surface area contributed by atoms with Crippen molar-refractivity contribution in [3.05, 3.63) is 58.1 Å². The third-order valence-corrected chi connectivity index (χ3v) is 6.63. The molecule has 0 radical (unpaired) electrons. The van der Waals surface area contributed by atoms with Crippen LogP contribution in [0.15, 0.2) is 42.0 Å². The molecular weight excluding hydrogens is 446 g/mol. The number of carbonyl (C=O) groups is 2. The lowest BCUT2D eigenvalue weighted by molar-refractivity contribution is -0.141. The number of halogens is 1. The highest BCUT2D eigenvalue weighted by Gasteiger charge is 2.49. The molecule has 8 heteroatoms. The molecule has 1 saturated carbocycles. The molecule has 7 nitrogen and oxygen atoms in total. The Morgan fingerprint density at radius 2 is 1.70 bits per heavy atom. The van der Waals surface area contributed by atoms with E-state index in [0.29, 0.717) is 22.1 Å². The van der Waals surface area contributed by atoms with Crippen LogP contribution in [0.1, 0.15) is 42.9 Å². The van der Waals surface area contributed by atoms with Gasteiger partial charge in [-0.2, -0.15) is 0 Å². The van der Waals surface area contributed by atoms with Crippen LogP contribution in [0.3, 0.4) is 0 Å². The number of nitrogens with zero attached hydrogens (tertiary/aromatic N) is 1. The Morgan fingerprint density at radius 3 is 2.33 bits per heavy atom. The molecule has 174 valence electrons. The number of ether oxygens (including phenoxy) is 3. The highest BCUT2D eigenvalue weighted by atomic mass is 35.5. The molecule has 0 spiro atoms. The number of hydrogen-bond acceptors (Lipinski definition) is 6. The number of aliphatic hydroxyl groups is 1. The minimum Gasteiger partial charge on any atom is -0.507 e. The largest absolute Gasteiger partial charge is 0.507 e. The average molecular weight is 472 g/mol. The summed E-state index contributed by atoms with van der Waals surface area (Å²) in [6, 6.07) is 9.37. The Balaban J connectivity index is 1.95. The van der Waals surface area contributed by atoms with Crippen molar-refractivity contribution < 1.29 is 28.9 Å². The van der Waals surface area contributed by atoms with Gasteiger partial charge in [-0.05, 0) is 36.6 Å². The molecule has 1 unspecified atom stereocenters. The third-order valence-electron chi connectivity index (χ3n) is 6.34. The predicted molar refractivity (Wildman–Crippen MR) is 124 cm³/mol. The van der Waals surface area contributed by atoms with Crippen molar-refractivity contribution in [2.75, 3.05) is 21.3 Å². The molecule has 1 aliphatic heterocycles. The molecule has 1 aliphatic carbocycles. The van der Waals surface area contributed by atoms with Gasteiger partial charge in [-0.3, -0.25) is 9.59 Å². The molecule has 2 aliphatic rings. The van der Waals surface area contributed by atoms with E-state index in [4.69, 9.17) is 25.8 Å². The molecule has 33 heavy (non-hydrogen) atoms. The van der Waals surface area contributed by atoms with Crippen molar-refractivity contribution in [1.29, 1.82) is 0 Å². The van der Waals surface area contributed by atoms with Gasteiger partial charge in [0.1, 0.15) is 23.0 Å². The number of rotatable bonds is 6. The van der Waals surface area contributed by atoms with Crippen LogP contribution in [0.4, 0.5) is 0 Å². The van der Waals surface area contributed by atoms with Gasteiger partial charge < -0.3 is 24.2 Å². The van der Waals surface area contributed by atoms with Gasteiger partial charge in [-0.1, -0.05) is 36.6 Å². The van der Waals surface area contributed by atoms with Gasteiger partial charge in [0, 0.05) is 12.1 Å². The summed E-state index contributed by atoms with van der Waals surface area (Å²) in [5.74, 6) is -0.528. The van der Waals surface area contributed by atoms with Crippen LogP contribution in [0.25, 0.3) is 5.76 Å². The van der Waals surface area contributed by atoms with Crippen LogP contribution in [-0.2, 0) is 9.59 Å². The molecule has 2 aromatic rings. The maximum Gasteiger partial charge on any atom is 0.295 e. The molecule has 2 fully saturated rings. The van der Waals surface area contributed by atoms with Crippen LogP contribution in [0, 0.1) is 0 Å². The lowest BCUT2D eigenvalue weighted by atomic mass is 9.94. The minimum absolute atomic E-state index is 0.00262. The summed E-state index contributed by atoms with van der Waals surface area (Å²) in [5.41, 5.74) is 0.904. The highest BCUT2D eigenvalue weighted by Crippen LogP contribution is 2.46. The van der Waals surface area contributed by atoms with Crippen molar-refractivity contribution in [2.45, 2.75) is 37.8 Å². The molecule has 0 aromatic heterocycles. The number of hydrogen-bond donors (Lipinski definition) is 1. The van der Waals surface area contributed by atoms with Gasteiger partial charge in [-0.25, -0.2) is 0 Å². The zero-order valence-electron chi connectivity index (χ0n) is 18.8. The molecule has 1 N–H and O–H groups in total. The second-order valence-electron chi connectivity index (χ2n) is 8.11. The number of Topliss-reactive ketones (excluding diaryl/α,β-unsaturated/α-hetero) is 1. The van der Waals surface area contributed by atoms with Crippen molar-refractivity contribution in [1.82, 2.24) is 4.90 Å². The molecule has 0 bridgehead atoms. The van der Waals surface area contributed by atoms with E-state index in [1.807, 2.05) is 6.07 Å². The maximum absolute atomic E-state index is 13.3. The molecule has 2 aromatic carbocycles. The molecule has 1 atom stereocenters. The first-order chi connectivity index (χ1) is 15.9. The lowest BCUT2D eigenvalue weighted by Gasteiger charge is -2.31. The maximum atomic E-state index is 13.3. The second kappa shape index (κ2) is 9.35. The van der Waals surface area contributed by atoms with E-state index in [1.165, 1.54) is 26.4 Å². The van der Waals surface area contributed by atoms with Gasteiger partial charge in [-0.15, -0.1) is 0 Å². The van der Waals surface area contributed by atoms with Crippen molar-refractivity contribution in [2.24, 2.45) is 0 Å². The monoisotopic (exact) mass is 471 g/mol. The number of benzene rings is 2. The fraction of sp³-hybridized carbons (Fsp3) is 0.360. The summed E-state index contributed by atoms with van der Waals surface area (Å²) >= 11 is 6.22. The summed E-state index contributed by atoms with van der Waals surface area (Å²) in [4.78, 5) is 28.2. The molecule has 1 amide bonds. The Hall–Kier alpha value is -3.19. The molecule has 4 rings (SSSR count). The number of likely N-dealkylation sites (tertiary alicyclic amines) is 1. The Morgan fingerprint density at radius 1 is 1.00 bits per heavy atom. The van der Waals surface area contributed by atoms with Gasteiger partial charge in [0.25, 0.3) is 11.7 Å². The molecular formula is C25H26ClNO6. The van der Waals surface area contributed by atoms with Gasteiger partial charge in [0.05, 0.1) is 43.5 Å². The summed E-state index contributed by atoms with van der Waals surface area (Å²) in [6.07, 6.45) is 3.60. The van der Waals surface area contributed by atoms with Crippen LogP contribution in [0.5, 0.6) is 17.2 Å². The number of methoxy groups -OCH3 is 3. The third kappa shape index (κ3) is 4.02.